The summed E-state index contributed by atoms with van der Waals surface area (Å²) in [6.45, 7) is 11.9. The van der Waals surface area contributed by atoms with Crippen molar-refractivity contribution in [3.63, 3.8) is 0 Å². The summed E-state index contributed by atoms with van der Waals surface area (Å²) in [6.07, 6.45) is 3.32. The summed E-state index contributed by atoms with van der Waals surface area (Å²) in [5, 5.41) is 3.58. The summed E-state index contributed by atoms with van der Waals surface area (Å²) < 4.78 is 0. The number of aryl methyl sites for hydroxylation is 1. The first-order chi connectivity index (χ1) is 8.56. The average Bonchev–Trinajstić information content (AvgIpc) is 2.33. The van der Waals surface area contributed by atoms with E-state index in [0.29, 0.717) is 12.0 Å². The van der Waals surface area contributed by atoms with Gasteiger partial charge in [0, 0.05) is 29.8 Å². The minimum atomic E-state index is 0.396. The molecule has 0 aliphatic carbocycles. The van der Waals surface area contributed by atoms with Gasteiger partial charge in [0.05, 0.1) is 0 Å². The first-order valence-electron chi connectivity index (χ1n) is 7.14. The Labute approximate surface area is 111 Å². The quantitative estimate of drug-likeness (QED) is 0.806. The second-order valence-corrected chi connectivity index (χ2v) is 5.28. The topological polar surface area (TPSA) is 37.8 Å². The van der Waals surface area contributed by atoms with Gasteiger partial charge in [0.25, 0.3) is 0 Å². The van der Waals surface area contributed by atoms with Crippen LogP contribution >= 0.6 is 0 Å². The third-order valence-corrected chi connectivity index (χ3v) is 3.07. The van der Waals surface area contributed by atoms with Crippen molar-refractivity contribution in [2.45, 2.75) is 65.8 Å². The van der Waals surface area contributed by atoms with Crippen LogP contribution in [0.25, 0.3) is 0 Å². The van der Waals surface area contributed by atoms with Crippen LogP contribution in [-0.4, -0.2) is 22.6 Å². The van der Waals surface area contributed by atoms with E-state index in [1.54, 1.807) is 0 Å². The summed E-state index contributed by atoms with van der Waals surface area (Å²) in [4.78, 5) is 9.17. The van der Waals surface area contributed by atoms with E-state index in [1.807, 2.05) is 0 Å². The normalized spacial score (nSPS) is 13.0. The van der Waals surface area contributed by atoms with E-state index in [-0.39, 0.29) is 0 Å². The maximum absolute atomic E-state index is 4.68. The summed E-state index contributed by atoms with van der Waals surface area (Å²) in [5.41, 5.74) is 2.25. The van der Waals surface area contributed by atoms with E-state index in [1.165, 1.54) is 12.1 Å². The highest BCUT2D eigenvalue weighted by Crippen LogP contribution is 2.12. The highest BCUT2D eigenvalue weighted by atomic mass is 14.9. The fraction of sp³-hybridized carbons (Fsp3) is 0.733. The molecule has 1 aromatic heterocycles. The fourth-order valence-electron chi connectivity index (χ4n) is 1.98. The molecule has 1 heterocycles. The van der Waals surface area contributed by atoms with Crippen LogP contribution in [0.3, 0.4) is 0 Å². The van der Waals surface area contributed by atoms with E-state index < -0.39 is 0 Å². The van der Waals surface area contributed by atoms with Gasteiger partial charge in [-0.1, -0.05) is 27.7 Å². The molecule has 0 saturated carbocycles. The van der Waals surface area contributed by atoms with Gasteiger partial charge in [-0.3, -0.25) is 0 Å². The summed E-state index contributed by atoms with van der Waals surface area (Å²) in [6, 6.07) is 2.64. The Hall–Kier alpha value is -0.960. The number of nitrogens with zero attached hydrogens (tertiary/aromatic N) is 2. The second-order valence-electron chi connectivity index (χ2n) is 5.28. The predicted octanol–water partition coefficient (Wildman–Crippen LogP) is 3.23. The average molecular weight is 249 g/mol. The zero-order valence-corrected chi connectivity index (χ0v) is 12.5. The monoisotopic (exact) mass is 249 g/mol. The number of aromatic nitrogens is 2. The maximum atomic E-state index is 4.68. The summed E-state index contributed by atoms with van der Waals surface area (Å²) in [7, 11) is 0. The van der Waals surface area contributed by atoms with Gasteiger partial charge in [0.2, 0.25) is 0 Å². The van der Waals surface area contributed by atoms with Crippen LogP contribution in [0.15, 0.2) is 6.07 Å². The minimum absolute atomic E-state index is 0.396. The highest BCUT2D eigenvalue weighted by molar-refractivity contribution is 5.12. The Kier molecular flexibility index (Phi) is 6.27. The van der Waals surface area contributed by atoms with Crippen LogP contribution in [-0.2, 0) is 6.42 Å². The molecular formula is C15H27N3. The summed E-state index contributed by atoms with van der Waals surface area (Å²) in [5.74, 6) is 1.36. The van der Waals surface area contributed by atoms with Gasteiger partial charge in [-0.2, -0.15) is 0 Å². The van der Waals surface area contributed by atoms with Crippen molar-refractivity contribution in [3.8, 4) is 0 Å². The van der Waals surface area contributed by atoms with E-state index in [4.69, 9.17) is 0 Å². The molecular weight excluding hydrogens is 222 g/mol. The van der Waals surface area contributed by atoms with Crippen molar-refractivity contribution in [1.29, 1.82) is 0 Å². The molecule has 0 aromatic carbocycles. The first kappa shape index (κ1) is 15.1. The van der Waals surface area contributed by atoms with Gasteiger partial charge in [-0.05, 0) is 32.4 Å². The molecule has 1 atom stereocenters. The van der Waals surface area contributed by atoms with Crippen molar-refractivity contribution >= 4 is 0 Å². The minimum Gasteiger partial charge on any atom is -0.314 e. The van der Waals surface area contributed by atoms with Gasteiger partial charge < -0.3 is 5.32 Å². The SMILES string of the molecule is CCCNC(CC)Cc1cc(C)nc(C(C)C)n1. The van der Waals surface area contributed by atoms with E-state index in [9.17, 15) is 0 Å². The lowest BCUT2D eigenvalue weighted by Gasteiger charge is -2.17. The molecule has 0 bridgehead atoms. The van der Waals surface area contributed by atoms with Gasteiger partial charge in [0.1, 0.15) is 5.82 Å². The Balaban J connectivity index is 2.75. The third kappa shape index (κ3) is 4.73. The van der Waals surface area contributed by atoms with Crippen molar-refractivity contribution in [3.05, 3.63) is 23.3 Å². The number of hydrogen-bond donors (Lipinski definition) is 1. The van der Waals surface area contributed by atoms with Crippen LogP contribution in [0, 0.1) is 6.92 Å². The smallest absolute Gasteiger partial charge is 0.131 e. The lowest BCUT2D eigenvalue weighted by Crippen LogP contribution is -2.31. The van der Waals surface area contributed by atoms with Crippen molar-refractivity contribution < 1.29 is 0 Å². The molecule has 1 aromatic rings. The molecule has 0 radical (unpaired) electrons. The van der Waals surface area contributed by atoms with Crippen LogP contribution in [0.4, 0.5) is 0 Å². The number of nitrogens with one attached hydrogen (secondary N) is 1. The highest BCUT2D eigenvalue weighted by Gasteiger charge is 2.10. The predicted molar refractivity (Wildman–Crippen MR) is 76.9 cm³/mol. The van der Waals surface area contributed by atoms with Gasteiger partial charge in [-0.25, -0.2) is 9.97 Å². The van der Waals surface area contributed by atoms with Gasteiger partial charge in [-0.15, -0.1) is 0 Å². The Morgan fingerprint density at radius 3 is 2.50 bits per heavy atom. The fourth-order valence-corrected chi connectivity index (χ4v) is 1.98. The lowest BCUT2D eigenvalue weighted by molar-refractivity contribution is 0.489. The Morgan fingerprint density at radius 2 is 1.94 bits per heavy atom. The maximum Gasteiger partial charge on any atom is 0.131 e. The number of hydrogen-bond acceptors (Lipinski definition) is 3. The largest absolute Gasteiger partial charge is 0.314 e. The van der Waals surface area contributed by atoms with Crippen LogP contribution < -0.4 is 5.32 Å². The van der Waals surface area contributed by atoms with Crippen molar-refractivity contribution in [2.24, 2.45) is 0 Å². The molecule has 1 N–H and O–H groups in total. The third-order valence-electron chi connectivity index (χ3n) is 3.07. The molecule has 0 fully saturated rings. The van der Waals surface area contributed by atoms with Crippen molar-refractivity contribution in [2.75, 3.05) is 6.54 Å². The molecule has 0 amide bonds. The molecule has 0 aliphatic heterocycles. The van der Waals surface area contributed by atoms with E-state index >= 15 is 0 Å². The van der Waals surface area contributed by atoms with E-state index in [2.05, 4.69) is 56.0 Å². The molecule has 0 spiro atoms. The van der Waals surface area contributed by atoms with Gasteiger partial charge in [0.15, 0.2) is 0 Å². The zero-order chi connectivity index (χ0) is 13.5. The second kappa shape index (κ2) is 7.47. The Bertz CT molecular complexity index is 361. The molecule has 1 rings (SSSR count). The lowest BCUT2D eigenvalue weighted by atomic mass is 10.1. The van der Waals surface area contributed by atoms with E-state index in [0.717, 1.165) is 30.9 Å². The first-order valence-corrected chi connectivity index (χ1v) is 7.14. The van der Waals surface area contributed by atoms with Crippen molar-refractivity contribution in [1.82, 2.24) is 15.3 Å². The van der Waals surface area contributed by atoms with Crippen LogP contribution in [0.1, 0.15) is 63.7 Å². The Morgan fingerprint density at radius 1 is 1.22 bits per heavy atom. The van der Waals surface area contributed by atoms with Crippen LogP contribution in [0.2, 0.25) is 0 Å². The molecule has 3 nitrogen and oxygen atoms in total. The molecule has 1 unspecified atom stereocenters. The molecule has 102 valence electrons. The zero-order valence-electron chi connectivity index (χ0n) is 12.5. The van der Waals surface area contributed by atoms with Crippen LogP contribution in [0.5, 0.6) is 0 Å². The molecule has 3 heteroatoms. The summed E-state index contributed by atoms with van der Waals surface area (Å²) >= 11 is 0. The number of rotatable bonds is 7. The van der Waals surface area contributed by atoms with Gasteiger partial charge >= 0.3 is 0 Å². The molecule has 0 saturated heterocycles. The molecule has 0 aliphatic rings. The standard InChI is InChI=1S/C15H27N3/c1-6-8-16-13(7-2)10-14-9-12(5)17-15(18-14)11(3)4/h9,11,13,16H,6-8,10H2,1-5H3. The molecule has 18 heavy (non-hydrogen) atoms.